The van der Waals surface area contributed by atoms with E-state index in [1.165, 1.54) is 23.6 Å². The number of benzene rings is 2. The number of aromatic nitrogens is 1. The van der Waals surface area contributed by atoms with Crippen molar-refractivity contribution in [3.8, 4) is 11.5 Å². The number of hydrogen-bond donors (Lipinski definition) is 2. The maximum Gasteiger partial charge on any atom is 0.205 e. The van der Waals surface area contributed by atoms with E-state index in [0.29, 0.717) is 16.4 Å². The number of nitrogens with zero attached hydrogens (tertiary/aromatic N) is 1. The van der Waals surface area contributed by atoms with Gasteiger partial charge in [0.05, 0.1) is 17.7 Å². The molecule has 0 spiro atoms. The molecule has 0 bridgehead atoms. The SMILES string of the molecule is CCc1ccccc1C(=O)c1sc(NCCCNSOc2cc(C)ccc2OC)nc1C. The minimum absolute atomic E-state index is 0.0484. The van der Waals surface area contributed by atoms with Crippen LogP contribution in [0.15, 0.2) is 42.5 Å². The fraction of sp³-hybridized carbons (Fsp3) is 0.333. The van der Waals surface area contributed by atoms with Gasteiger partial charge in [0.1, 0.15) is 12.2 Å². The molecule has 0 amide bonds. The summed E-state index contributed by atoms with van der Waals surface area (Å²) in [6.45, 7) is 7.46. The second-order valence-electron chi connectivity index (χ2n) is 7.27. The molecule has 0 radical (unpaired) electrons. The predicted octanol–water partition coefficient (Wildman–Crippen LogP) is 5.60. The number of ketones is 1. The van der Waals surface area contributed by atoms with Crippen LogP contribution in [0, 0.1) is 13.8 Å². The highest BCUT2D eigenvalue weighted by Gasteiger charge is 2.19. The molecule has 1 aromatic heterocycles. The summed E-state index contributed by atoms with van der Waals surface area (Å²) in [5.74, 6) is 1.45. The first-order valence-electron chi connectivity index (χ1n) is 10.6. The molecule has 0 saturated carbocycles. The maximum absolute atomic E-state index is 13.0. The molecule has 0 saturated heterocycles. The van der Waals surface area contributed by atoms with Crippen LogP contribution < -0.4 is 19.0 Å². The summed E-state index contributed by atoms with van der Waals surface area (Å²) in [6.07, 6.45) is 1.71. The van der Waals surface area contributed by atoms with Gasteiger partial charge in [0.25, 0.3) is 0 Å². The monoisotopic (exact) mass is 471 g/mol. The molecule has 170 valence electrons. The van der Waals surface area contributed by atoms with E-state index in [1.807, 2.05) is 56.3 Å². The fourth-order valence-electron chi connectivity index (χ4n) is 3.18. The van der Waals surface area contributed by atoms with Crippen LogP contribution in [0.1, 0.15) is 45.4 Å². The number of rotatable bonds is 12. The molecule has 0 aliphatic heterocycles. The van der Waals surface area contributed by atoms with Crippen LogP contribution >= 0.6 is 23.6 Å². The highest BCUT2D eigenvalue weighted by Crippen LogP contribution is 2.30. The van der Waals surface area contributed by atoms with Crippen molar-refractivity contribution in [2.24, 2.45) is 0 Å². The molecule has 32 heavy (non-hydrogen) atoms. The number of aryl methyl sites for hydroxylation is 3. The summed E-state index contributed by atoms with van der Waals surface area (Å²) in [4.78, 5) is 18.2. The Bertz CT molecular complexity index is 1050. The van der Waals surface area contributed by atoms with Gasteiger partial charge in [0.15, 0.2) is 16.6 Å². The van der Waals surface area contributed by atoms with Crippen LogP contribution in [0.2, 0.25) is 0 Å². The largest absolute Gasteiger partial charge is 0.493 e. The second-order valence-corrected chi connectivity index (χ2v) is 8.89. The average molecular weight is 472 g/mol. The number of ether oxygens (including phenoxy) is 1. The molecule has 0 aliphatic carbocycles. The van der Waals surface area contributed by atoms with Crippen molar-refractivity contribution in [1.29, 1.82) is 0 Å². The van der Waals surface area contributed by atoms with E-state index in [9.17, 15) is 4.79 Å². The highest BCUT2D eigenvalue weighted by atomic mass is 32.2. The van der Waals surface area contributed by atoms with E-state index < -0.39 is 0 Å². The molecule has 3 rings (SSSR count). The topological polar surface area (TPSA) is 72.5 Å². The molecule has 0 atom stereocenters. The number of thiazole rings is 1. The molecule has 2 aromatic carbocycles. The Balaban J connectivity index is 1.43. The first-order chi connectivity index (χ1) is 15.5. The summed E-state index contributed by atoms with van der Waals surface area (Å²) < 4.78 is 14.2. The van der Waals surface area contributed by atoms with Gasteiger partial charge >= 0.3 is 0 Å². The Morgan fingerprint density at radius 3 is 2.72 bits per heavy atom. The Morgan fingerprint density at radius 2 is 1.94 bits per heavy atom. The summed E-state index contributed by atoms with van der Waals surface area (Å²) in [6, 6.07) is 13.6. The molecule has 2 N–H and O–H groups in total. The summed E-state index contributed by atoms with van der Waals surface area (Å²) >= 11 is 2.60. The van der Waals surface area contributed by atoms with Gasteiger partial charge in [-0.1, -0.05) is 48.6 Å². The fourth-order valence-corrected chi connectivity index (χ4v) is 4.63. The summed E-state index contributed by atoms with van der Waals surface area (Å²) in [5, 5.41) is 4.09. The Kier molecular flexibility index (Phi) is 8.96. The van der Waals surface area contributed by atoms with E-state index in [1.54, 1.807) is 7.11 Å². The Morgan fingerprint density at radius 1 is 1.12 bits per heavy atom. The first kappa shape index (κ1) is 24.1. The predicted molar refractivity (Wildman–Crippen MR) is 133 cm³/mol. The van der Waals surface area contributed by atoms with Crippen LogP contribution in [-0.4, -0.2) is 31.0 Å². The van der Waals surface area contributed by atoms with Gasteiger partial charge in [0, 0.05) is 18.7 Å². The zero-order chi connectivity index (χ0) is 22.9. The van der Waals surface area contributed by atoms with E-state index >= 15 is 0 Å². The van der Waals surface area contributed by atoms with Crippen LogP contribution in [0.4, 0.5) is 5.13 Å². The van der Waals surface area contributed by atoms with E-state index in [0.717, 1.165) is 53.4 Å². The number of anilines is 1. The second kappa shape index (κ2) is 11.9. The van der Waals surface area contributed by atoms with E-state index in [4.69, 9.17) is 8.92 Å². The van der Waals surface area contributed by atoms with Gasteiger partial charge in [-0.15, -0.1) is 0 Å². The molecule has 0 fully saturated rings. The zero-order valence-corrected chi connectivity index (χ0v) is 20.5. The van der Waals surface area contributed by atoms with Gasteiger partial charge in [-0.3, -0.25) is 4.79 Å². The zero-order valence-electron chi connectivity index (χ0n) is 18.9. The van der Waals surface area contributed by atoms with Gasteiger partial charge in [-0.05, 0) is 49.9 Å². The van der Waals surface area contributed by atoms with Gasteiger partial charge in [-0.2, -0.15) is 0 Å². The minimum Gasteiger partial charge on any atom is -0.493 e. The maximum atomic E-state index is 13.0. The molecule has 0 aliphatic rings. The lowest BCUT2D eigenvalue weighted by Crippen LogP contribution is -2.12. The number of nitrogens with one attached hydrogen (secondary N) is 2. The first-order valence-corrected chi connectivity index (χ1v) is 12.1. The Hall–Kier alpha value is -2.55. The van der Waals surface area contributed by atoms with Crippen LogP contribution in [0.25, 0.3) is 0 Å². The molecule has 6 nitrogen and oxygen atoms in total. The molecule has 1 heterocycles. The summed E-state index contributed by atoms with van der Waals surface area (Å²) in [7, 11) is 1.63. The van der Waals surface area contributed by atoms with E-state index in [-0.39, 0.29) is 5.78 Å². The van der Waals surface area contributed by atoms with Crippen molar-refractivity contribution in [3.05, 3.63) is 69.7 Å². The normalized spacial score (nSPS) is 10.8. The standard InChI is InChI=1S/C24H29N3O3S2/c1-5-18-9-6-7-10-19(18)22(28)23-17(3)27-24(31-23)25-13-8-14-26-32-30-21-15-16(2)11-12-20(21)29-4/h6-7,9-12,15,26H,5,8,13-14H2,1-4H3,(H,25,27). The summed E-state index contributed by atoms with van der Waals surface area (Å²) in [5.41, 5.74) is 3.71. The lowest BCUT2D eigenvalue weighted by molar-refractivity contribution is 0.104. The van der Waals surface area contributed by atoms with Gasteiger partial charge in [-0.25, -0.2) is 9.71 Å². The molecule has 8 heteroatoms. The van der Waals surface area contributed by atoms with Crippen molar-refractivity contribution in [3.63, 3.8) is 0 Å². The lowest BCUT2D eigenvalue weighted by atomic mass is 10.0. The van der Waals surface area contributed by atoms with Gasteiger partial charge in [0.2, 0.25) is 5.78 Å². The third-order valence-corrected chi connectivity index (χ3v) is 6.59. The van der Waals surface area contributed by atoms with Crippen molar-refractivity contribution < 1.29 is 13.7 Å². The van der Waals surface area contributed by atoms with Crippen molar-refractivity contribution in [2.45, 2.75) is 33.6 Å². The number of hydrogen-bond acceptors (Lipinski definition) is 8. The molecule has 3 aromatic rings. The van der Waals surface area contributed by atoms with Crippen LogP contribution in [0.3, 0.4) is 0 Å². The molecule has 0 unspecified atom stereocenters. The smallest absolute Gasteiger partial charge is 0.205 e. The van der Waals surface area contributed by atoms with Crippen molar-refractivity contribution >= 4 is 34.5 Å². The molecular formula is C24H29N3O3S2. The highest BCUT2D eigenvalue weighted by molar-refractivity contribution is 7.93. The Labute approximate surface area is 198 Å². The number of carbonyl (C=O) groups excluding carboxylic acids is 1. The van der Waals surface area contributed by atoms with Crippen molar-refractivity contribution in [1.82, 2.24) is 9.71 Å². The lowest BCUT2D eigenvalue weighted by Gasteiger charge is -2.10. The minimum atomic E-state index is 0.0484. The van der Waals surface area contributed by atoms with Crippen LogP contribution in [0.5, 0.6) is 11.5 Å². The van der Waals surface area contributed by atoms with E-state index in [2.05, 4.69) is 21.9 Å². The number of carbonyl (C=O) groups is 1. The quantitative estimate of drug-likeness (QED) is 0.154. The third-order valence-electron chi connectivity index (χ3n) is 4.89. The molecular weight excluding hydrogens is 442 g/mol. The van der Waals surface area contributed by atoms with Crippen LogP contribution in [-0.2, 0) is 6.42 Å². The average Bonchev–Trinajstić information content (AvgIpc) is 3.18. The third kappa shape index (κ3) is 6.25. The van der Waals surface area contributed by atoms with Crippen molar-refractivity contribution in [2.75, 3.05) is 25.5 Å². The van der Waals surface area contributed by atoms with Gasteiger partial charge < -0.3 is 14.2 Å². The number of methoxy groups -OCH3 is 1.